The van der Waals surface area contributed by atoms with E-state index in [1.54, 1.807) is 27.4 Å². The first-order valence-electron chi connectivity index (χ1n) is 8.63. The van der Waals surface area contributed by atoms with E-state index in [1.165, 1.54) is 0 Å². The number of ether oxygens (including phenoxy) is 3. The number of amides is 1. The van der Waals surface area contributed by atoms with E-state index < -0.39 is 0 Å². The Kier molecular flexibility index (Phi) is 6.89. The van der Waals surface area contributed by atoms with Gasteiger partial charge < -0.3 is 19.1 Å². The largest absolute Gasteiger partial charge is 0.493 e. The summed E-state index contributed by atoms with van der Waals surface area (Å²) in [7, 11) is 4.69. The molecule has 0 aromatic heterocycles. The van der Waals surface area contributed by atoms with Crippen molar-refractivity contribution in [3.05, 3.63) is 53.6 Å². The van der Waals surface area contributed by atoms with Crippen molar-refractivity contribution in [2.24, 2.45) is 0 Å². The quantitative estimate of drug-likeness (QED) is 0.723. The van der Waals surface area contributed by atoms with Crippen molar-refractivity contribution in [2.45, 2.75) is 32.9 Å². The van der Waals surface area contributed by atoms with Crippen LogP contribution in [0.15, 0.2) is 42.5 Å². The van der Waals surface area contributed by atoms with Gasteiger partial charge in [0, 0.05) is 18.2 Å². The molecule has 5 heteroatoms. The van der Waals surface area contributed by atoms with E-state index in [0.717, 1.165) is 11.1 Å². The number of methoxy groups -OCH3 is 3. The van der Waals surface area contributed by atoms with Crippen LogP contribution in [0.5, 0.6) is 17.2 Å². The number of rotatable bonds is 8. The molecule has 0 aliphatic rings. The Balaban J connectivity index is 2.26. The van der Waals surface area contributed by atoms with Crippen LogP contribution in [0.3, 0.4) is 0 Å². The van der Waals surface area contributed by atoms with Crippen LogP contribution in [-0.2, 0) is 17.8 Å². The lowest BCUT2D eigenvalue weighted by Gasteiger charge is -2.27. The van der Waals surface area contributed by atoms with Crippen molar-refractivity contribution >= 4 is 5.91 Å². The number of benzene rings is 2. The van der Waals surface area contributed by atoms with Crippen LogP contribution in [0, 0.1) is 0 Å². The van der Waals surface area contributed by atoms with Gasteiger partial charge >= 0.3 is 0 Å². The zero-order valence-corrected chi connectivity index (χ0v) is 16.1. The maximum Gasteiger partial charge on any atom is 0.227 e. The zero-order valence-electron chi connectivity index (χ0n) is 16.1. The molecule has 140 valence electrons. The van der Waals surface area contributed by atoms with Gasteiger partial charge in [-0.15, -0.1) is 0 Å². The molecule has 2 aromatic carbocycles. The number of carbonyl (C=O) groups excluding carboxylic acids is 1. The lowest BCUT2D eigenvalue weighted by Crippen LogP contribution is -2.37. The summed E-state index contributed by atoms with van der Waals surface area (Å²) < 4.78 is 16.2. The van der Waals surface area contributed by atoms with Gasteiger partial charge in [-0.1, -0.05) is 36.4 Å². The SMILES string of the molecule is COc1ccc(CC(=O)N(Cc2ccccc2)C(C)C)c(OC)c1OC. The van der Waals surface area contributed by atoms with E-state index in [9.17, 15) is 4.79 Å². The molecule has 0 unspecified atom stereocenters. The Hall–Kier alpha value is -2.69. The van der Waals surface area contributed by atoms with E-state index in [2.05, 4.69) is 0 Å². The monoisotopic (exact) mass is 357 g/mol. The average molecular weight is 357 g/mol. The molecule has 0 heterocycles. The molecule has 26 heavy (non-hydrogen) atoms. The summed E-state index contributed by atoms with van der Waals surface area (Å²) in [5, 5.41) is 0. The van der Waals surface area contributed by atoms with Crippen LogP contribution in [0.4, 0.5) is 0 Å². The van der Waals surface area contributed by atoms with Gasteiger partial charge in [0.25, 0.3) is 0 Å². The first-order chi connectivity index (χ1) is 12.5. The van der Waals surface area contributed by atoms with Crippen LogP contribution in [0.2, 0.25) is 0 Å². The van der Waals surface area contributed by atoms with Gasteiger partial charge in [0.1, 0.15) is 0 Å². The Morgan fingerprint density at radius 3 is 2.12 bits per heavy atom. The molecule has 0 fully saturated rings. The lowest BCUT2D eigenvalue weighted by atomic mass is 10.1. The predicted molar refractivity (Wildman–Crippen MR) is 102 cm³/mol. The summed E-state index contributed by atoms with van der Waals surface area (Å²) in [5.41, 5.74) is 1.88. The highest BCUT2D eigenvalue weighted by Gasteiger charge is 2.22. The summed E-state index contributed by atoms with van der Waals surface area (Å²) in [6, 6.07) is 13.7. The number of hydrogen-bond donors (Lipinski definition) is 0. The second-order valence-corrected chi connectivity index (χ2v) is 6.27. The summed E-state index contributed by atoms with van der Waals surface area (Å²) in [4.78, 5) is 14.8. The smallest absolute Gasteiger partial charge is 0.227 e. The minimum atomic E-state index is 0.0365. The zero-order chi connectivity index (χ0) is 19.1. The molecule has 0 aliphatic carbocycles. The topological polar surface area (TPSA) is 48.0 Å². The van der Waals surface area contributed by atoms with Gasteiger partial charge in [-0.3, -0.25) is 4.79 Å². The van der Waals surface area contributed by atoms with Crippen molar-refractivity contribution in [3.8, 4) is 17.2 Å². The first-order valence-corrected chi connectivity index (χ1v) is 8.63. The number of carbonyl (C=O) groups is 1. The Morgan fingerprint density at radius 1 is 0.923 bits per heavy atom. The normalized spacial score (nSPS) is 10.5. The summed E-state index contributed by atoms with van der Waals surface area (Å²) in [6.45, 7) is 4.62. The third-order valence-electron chi connectivity index (χ3n) is 4.27. The van der Waals surface area contributed by atoms with Crippen molar-refractivity contribution in [1.29, 1.82) is 0 Å². The van der Waals surface area contributed by atoms with Crippen LogP contribution in [0.25, 0.3) is 0 Å². The highest BCUT2D eigenvalue weighted by Crippen LogP contribution is 2.40. The standard InChI is InChI=1S/C21H27NO4/c1-15(2)22(14-16-9-7-6-8-10-16)19(23)13-17-11-12-18(24-3)21(26-5)20(17)25-4/h6-12,15H,13-14H2,1-5H3. The van der Waals surface area contributed by atoms with Gasteiger partial charge in [-0.2, -0.15) is 0 Å². The van der Waals surface area contributed by atoms with Crippen LogP contribution < -0.4 is 14.2 Å². The third-order valence-corrected chi connectivity index (χ3v) is 4.27. The van der Waals surface area contributed by atoms with E-state index in [4.69, 9.17) is 14.2 Å². The molecule has 2 rings (SSSR count). The molecule has 5 nitrogen and oxygen atoms in total. The fourth-order valence-electron chi connectivity index (χ4n) is 2.91. The van der Waals surface area contributed by atoms with Crippen molar-refractivity contribution in [2.75, 3.05) is 21.3 Å². The average Bonchev–Trinajstić information content (AvgIpc) is 2.65. The minimum absolute atomic E-state index is 0.0365. The molecular formula is C21H27NO4. The third kappa shape index (κ3) is 4.48. The molecule has 0 bridgehead atoms. The van der Waals surface area contributed by atoms with Crippen LogP contribution >= 0.6 is 0 Å². The predicted octanol–water partition coefficient (Wildman–Crippen LogP) is 3.69. The van der Waals surface area contributed by atoms with Gasteiger partial charge in [0.15, 0.2) is 11.5 Å². The molecule has 0 N–H and O–H groups in total. The molecule has 0 saturated carbocycles. The summed E-state index contributed by atoms with van der Waals surface area (Å²) in [5.74, 6) is 1.64. The van der Waals surface area contributed by atoms with E-state index in [1.807, 2.05) is 55.1 Å². The molecular weight excluding hydrogens is 330 g/mol. The fraction of sp³-hybridized carbons (Fsp3) is 0.381. The minimum Gasteiger partial charge on any atom is -0.493 e. The highest BCUT2D eigenvalue weighted by molar-refractivity contribution is 5.80. The molecule has 0 atom stereocenters. The second-order valence-electron chi connectivity index (χ2n) is 6.27. The van der Waals surface area contributed by atoms with Crippen molar-refractivity contribution in [3.63, 3.8) is 0 Å². The summed E-state index contributed by atoms with van der Waals surface area (Å²) in [6.07, 6.45) is 0.231. The first kappa shape index (κ1) is 19.6. The van der Waals surface area contributed by atoms with Gasteiger partial charge in [-0.05, 0) is 25.5 Å². The molecule has 1 amide bonds. The Labute approximate surface area is 155 Å². The molecule has 0 radical (unpaired) electrons. The maximum atomic E-state index is 13.0. The van der Waals surface area contributed by atoms with E-state index in [-0.39, 0.29) is 18.4 Å². The molecule has 2 aromatic rings. The lowest BCUT2D eigenvalue weighted by molar-refractivity contribution is -0.132. The highest BCUT2D eigenvalue weighted by atomic mass is 16.5. The van der Waals surface area contributed by atoms with Gasteiger partial charge in [-0.25, -0.2) is 0 Å². The number of hydrogen-bond acceptors (Lipinski definition) is 4. The molecule has 0 saturated heterocycles. The maximum absolute atomic E-state index is 13.0. The van der Waals surface area contributed by atoms with Crippen molar-refractivity contribution in [1.82, 2.24) is 4.90 Å². The van der Waals surface area contributed by atoms with Crippen molar-refractivity contribution < 1.29 is 19.0 Å². The van der Waals surface area contributed by atoms with Crippen LogP contribution in [0.1, 0.15) is 25.0 Å². The molecule has 0 spiro atoms. The number of nitrogens with zero attached hydrogens (tertiary/aromatic N) is 1. The van der Waals surface area contributed by atoms with Crippen LogP contribution in [-0.4, -0.2) is 38.2 Å². The van der Waals surface area contributed by atoms with Gasteiger partial charge in [0.2, 0.25) is 11.7 Å². The van der Waals surface area contributed by atoms with E-state index >= 15 is 0 Å². The Morgan fingerprint density at radius 2 is 1.58 bits per heavy atom. The molecule has 0 aliphatic heterocycles. The van der Waals surface area contributed by atoms with E-state index in [0.29, 0.717) is 23.8 Å². The summed E-state index contributed by atoms with van der Waals surface area (Å²) >= 11 is 0. The Bertz CT molecular complexity index is 728. The second kappa shape index (κ2) is 9.13. The van der Waals surface area contributed by atoms with Gasteiger partial charge in [0.05, 0.1) is 27.8 Å². The fourth-order valence-corrected chi connectivity index (χ4v) is 2.91.